The summed E-state index contributed by atoms with van der Waals surface area (Å²) in [5.41, 5.74) is 0. The van der Waals surface area contributed by atoms with Crippen molar-refractivity contribution < 1.29 is 24.1 Å². The number of rotatable bonds is 16. The highest BCUT2D eigenvalue weighted by Gasteiger charge is 2.05. The van der Waals surface area contributed by atoms with E-state index in [1.165, 1.54) is 19.3 Å². The van der Waals surface area contributed by atoms with Gasteiger partial charge in [0.1, 0.15) is 0 Å². The Morgan fingerprint density at radius 2 is 1.50 bits per heavy atom. The molecule has 20 heavy (non-hydrogen) atoms. The minimum Gasteiger partial charge on any atom is -0.396 e. The molecule has 0 aliphatic carbocycles. The van der Waals surface area contributed by atoms with Gasteiger partial charge in [0.05, 0.1) is 19.8 Å². The van der Waals surface area contributed by atoms with Gasteiger partial charge in [0.15, 0.2) is 6.29 Å². The fourth-order valence-electron chi connectivity index (χ4n) is 1.79. The van der Waals surface area contributed by atoms with Gasteiger partial charge < -0.3 is 24.1 Å². The maximum absolute atomic E-state index is 8.64. The quantitative estimate of drug-likeness (QED) is 0.349. The first-order valence-corrected chi connectivity index (χ1v) is 7.75. The number of unbranched alkanes of at least 4 members (excludes halogenated alkanes) is 5. The van der Waals surface area contributed by atoms with Crippen molar-refractivity contribution in [1.82, 2.24) is 0 Å². The summed E-state index contributed by atoms with van der Waals surface area (Å²) in [6.07, 6.45) is 6.51. The summed E-state index contributed by atoms with van der Waals surface area (Å²) < 4.78 is 21.3. The van der Waals surface area contributed by atoms with Crippen LogP contribution in [0.15, 0.2) is 0 Å². The smallest absolute Gasteiger partial charge is 0.180 e. The highest BCUT2D eigenvalue weighted by atomic mass is 16.7. The topological polar surface area (TPSA) is 57.2 Å². The highest BCUT2D eigenvalue weighted by Crippen LogP contribution is 2.05. The summed E-state index contributed by atoms with van der Waals surface area (Å²) in [4.78, 5) is 0. The Hall–Kier alpha value is -0.200. The Morgan fingerprint density at radius 1 is 0.850 bits per heavy atom. The van der Waals surface area contributed by atoms with Gasteiger partial charge >= 0.3 is 0 Å². The molecule has 0 radical (unpaired) electrons. The van der Waals surface area contributed by atoms with E-state index < -0.39 is 0 Å². The van der Waals surface area contributed by atoms with Gasteiger partial charge in [-0.25, -0.2) is 0 Å². The fourth-order valence-corrected chi connectivity index (χ4v) is 1.79. The van der Waals surface area contributed by atoms with Crippen LogP contribution in [0.5, 0.6) is 0 Å². The van der Waals surface area contributed by atoms with Crippen LogP contribution >= 0.6 is 0 Å². The second-order valence-electron chi connectivity index (χ2n) is 4.65. The summed E-state index contributed by atoms with van der Waals surface area (Å²) >= 11 is 0. The van der Waals surface area contributed by atoms with Gasteiger partial charge in [0.2, 0.25) is 0 Å². The van der Waals surface area contributed by atoms with Crippen LogP contribution in [0.4, 0.5) is 0 Å². The number of hydrogen-bond donors (Lipinski definition) is 1. The lowest BCUT2D eigenvalue weighted by Crippen LogP contribution is -2.23. The van der Waals surface area contributed by atoms with E-state index in [1.807, 2.05) is 6.92 Å². The van der Waals surface area contributed by atoms with Crippen LogP contribution in [-0.2, 0) is 18.9 Å². The maximum atomic E-state index is 8.64. The third-order valence-electron chi connectivity index (χ3n) is 2.94. The van der Waals surface area contributed by atoms with Gasteiger partial charge in [-0.2, -0.15) is 0 Å². The fraction of sp³-hybridized carbons (Fsp3) is 1.00. The lowest BCUT2D eigenvalue weighted by molar-refractivity contribution is -0.156. The van der Waals surface area contributed by atoms with E-state index >= 15 is 0 Å². The first-order valence-electron chi connectivity index (χ1n) is 7.75. The molecule has 1 N–H and O–H groups in total. The molecule has 0 aromatic heterocycles. The van der Waals surface area contributed by atoms with Crippen LogP contribution in [0.25, 0.3) is 0 Å². The van der Waals surface area contributed by atoms with E-state index in [1.54, 1.807) is 7.11 Å². The normalized spacial score (nSPS) is 12.8. The lowest BCUT2D eigenvalue weighted by atomic mass is 10.1. The van der Waals surface area contributed by atoms with Crippen LogP contribution in [0.3, 0.4) is 0 Å². The Morgan fingerprint density at radius 3 is 2.15 bits per heavy atom. The van der Waals surface area contributed by atoms with Crippen molar-refractivity contribution in [1.29, 1.82) is 0 Å². The van der Waals surface area contributed by atoms with E-state index in [2.05, 4.69) is 0 Å². The maximum Gasteiger partial charge on any atom is 0.180 e. The molecule has 0 saturated heterocycles. The molecule has 0 aromatic rings. The first kappa shape index (κ1) is 19.8. The molecule has 0 aliphatic heterocycles. The molecule has 0 saturated carbocycles. The van der Waals surface area contributed by atoms with Crippen molar-refractivity contribution in [2.24, 2.45) is 0 Å². The molecule has 0 amide bonds. The second kappa shape index (κ2) is 16.9. The molecule has 0 aliphatic rings. The van der Waals surface area contributed by atoms with Crippen LogP contribution in [0.2, 0.25) is 0 Å². The van der Waals surface area contributed by atoms with Gasteiger partial charge in [-0.3, -0.25) is 0 Å². The van der Waals surface area contributed by atoms with Crippen molar-refractivity contribution in [3.63, 3.8) is 0 Å². The minimum absolute atomic E-state index is 0.279. The van der Waals surface area contributed by atoms with Crippen molar-refractivity contribution in [3.05, 3.63) is 0 Å². The van der Waals surface area contributed by atoms with Crippen molar-refractivity contribution in [2.75, 3.05) is 46.8 Å². The van der Waals surface area contributed by atoms with Crippen LogP contribution < -0.4 is 0 Å². The molecule has 5 heteroatoms. The molecular weight excluding hydrogens is 260 g/mol. The van der Waals surface area contributed by atoms with E-state index in [0.717, 1.165) is 25.9 Å². The van der Waals surface area contributed by atoms with Gasteiger partial charge in [0.25, 0.3) is 0 Å². The third kappa shape index (κ3) is 14.2. The Labute approximate surface area is 123 Å². The van der Waals surface area contributed by atoms with E-state index in [0.29, 0.717) is 33.0 Å². The number of hydrogen-bond acceptors (Lipinski definition) is 5. The monoisotopic (exact) mass is 292 g/mol. The first-order chi connectivity index (χ1) is 9.85. The molecule has 0 spiro atoms. The van der Waals surface area contributed by atoms with E-state index in [9.17, 15) is 0 Å². The van der Waals surface area contributed by atoms with E-state index in [-0.39, 0.29) is 6.29 Å². The molecule has 0 rings (SSSR count). The average molecular weight is 292 g/mol. The van der Waals surface area contributed by atoms with Crippen LogP contribution in [0, 0.1) is 0 Å². The van der Waals surface area contributed by atoms with Crippen molar-refractivity contribution in [2.45, 2.75) is 51.7 Å². The average Bonchev–Trinajstić information content (AvgIpc) is 2.47. The second-order valence-corrected chi connectivity index (χ2v) is 4.65. The minimum atomic E-state index is -0.279. The zero-order valence-corrected chi connectivity index (χ0v) is 13.1. The molecule has 0 heterocycles. The van der Waals surface area contributed by atoms with Gasteiger partial charge in [-0.1, -0.05) is 25.7 Å². The number of ether oxygens (including phenoxy) is 4. The molecule has 1 atom stereocenters. The summed E-state index contributed by atoms with van der Waals surface area (Å²) in [6.45, 7) is 5.30. The summed E-state index contributed by atoms with van der Waals surface area (Å²) in [5.74, 6) is 0. The zero-order chi connectivity index (χ0) is 14.9. The zero-order valence-electron chi connectivity index (χ0n) is 13.1. The Balaban J connectivity index is 3.09. The molecule has 122 valence electrons. The van der Waals surface area contributed by atoms with Crippen LogP contribution in [0.1, 0.15) is 45.4 Å². The number of aliphatic hydroxyl groups is 1. The predicted octanol–water partition coefficient (Wildman–Crippen LogP) is 2.36. The van der Waals surface area contributed by atoms with Crippen molar-refractivity contribution in [3.8, 4) is 0 Å². The SMILES string of the molecule is CCOC(COCCOCCCCCCCCO)OC. The molecule has 0 fully saturated rings. The molecule has 1 unspecified atom stereocenters. The van der Waals surface area contributed by atoms with Gasteiger partial charge in [-0.15, -0.1) is 0 Å². The highest BCUT2D eigenvalue weighted by molar-refractivity contribution is 4.45. The predicted molar refractivity (Wildman–Crippen MR) is 78.8 cm³/mol. The molecule has 0 bridgehead atoms. The molecular formula is C15H32O5. The molecule has 5 nitrogen and oxygen atoms in total. The lowest BCUT2D eigenvalue weighted by Gasteiger charge is -2.15. The van der Waals surface area contributed by atoms with Crippen LogP contribution in [-0.4, -0.2) is 58.1 Å². The Bertz CT molecular complexity index is 178. The number of methoxy groups -OCH3 is 1. The summed E-state index contributed by atoms with van der Waals surface area (Å²) in [5, 5.41) is 8.64. The summed E-state index contributed by atoms with van der Waals surface area (Å²) in [7, 11) is 1.61. The van der Waals surface area contributed by atoms with E-state index in [4.69, 9.17) is 24.1 Å². The summed E-state index contributed by atoms with van der Waals surface area (Å²) in [6, 6.07) is 0. The largest absolute Gasteiger partial charge is 0.396 e. The van der Waals surface area contributed by atoms with Gasteiger partial charge in [0, 0.05) is 26.9 Å². The molecule has 0 aromatic carbocycles. The standard InChI is InChI=1S/C15H32O5/c1-3-20-15(17-2)14-19-13-12-18-11-9-7-5-4-6-8-10-16/h15-16H,3-14H2,1-2H3. The third-order valence-corrected chi connectivity index (χ3v) is 2.94. The van der Waals surface area contributed by atoms with Crippen molar-refractivity contribution >= 4 is 0 Å². The van der Waals surface area contributed by atoms with Gasteiger partial charge in [-0.05, 0) is 19.8 Å². The number of aliphatic hydroxyl groups excluding tert-OH is 1. The Kier molecular flexibility index (Phi) is 16.7.